The topological polar surface area (TPSA) is 42.4 Å². The Morgan fingerprint density at radius 2 is 1.38 bits per heavy atom. The molecule has 0 saturated carbocycles. The van der Waals surface area contributed by atoms with Crippen LogP contribution in [0.2, 0.25) is 0 Å². The molecule has 0 radical (unpaired) electrons. The van der Waals surface area contributed by atoms with Crippen LogP contribution in [-0.4, -0.2) is 17.2 Å². The van der Waals surface area contributed by atoms with E-state index in [1.165, 1.54) is 0 Å². The average Bonchev–Trinajstić information content (AvgIpc) is 2.64. The van der Waals surface area contributed by atoms with Gasteiger partial charge in [-0.1, -0.05) is 32.0 Å². The Hall–Kier alpha value is -2.81. The largest absolute Gasteiger partial charge is 0.508 e. The lowest BCUT2D eigenvalue weighted by Gasteiger charge is -2.11. The molecule has 3 nitrogen and oxygen atoms in total. The third-order valence-corrected chi connectivity index (χ3v) is 3.58. The second-order valence-electron chi connectivity index (χ2n) is 5.12. The molecule has 0 aliphatic carbocycles. The molecule has 3 rings (SSSR count). The predicted octanol–water partition coefficient (Wildman–Crippen LogP) is 5.46. The van der Waals surface area contributed by atoms with Crippen LogP contribution in [0.5, 0.6) is 11.5 Å². The predicted molar refractivity (Wildman–Crippen MR) is 99.4 cm³/mol. The summed E-state index contributed by atoms with van der Waals surface area (Å²) < 4.78 is 5.21. The number of aryl methyl sites for hydroxylation is 1. The van der Waals surface area contributed by atoms with Crippen molar-refractivity contribution in [2.45, 2.75) is 20.8 Å². The van der Waals surface area contributed by atoms with Gasteiger partial charge in [-0.05, 0) is 55.0 Å². The zero-order chi connectivity index (χ0) is 17.5. The molecule has 1 heterocycles. The Bertz CT molecular complexity index is 778. The van der Waals surface area contributed by atoms with Crippen LogP contribution in [0.4, 0.5) is 0 Å². The number of ether oxygens (including phenoxy) is 1. The van der Waals surface area contributed by atoms with Gasteiger partial charge in [-0.15, -0.1) is 0 Å². The number of hydrogen-bond donors (Lipinski definition) is 1. The molecule has 0 amide bonds. The quantitative estimate of drug-likeness (QED) is 0.696. The number of aromatic nitrogens is 1. The van der Waals surface area contributed by atoms with Crippen molar-refractivity contribution in [2.24, 2.45) is 0 Å². The first-order chi connectivity index (χ1) is 11.7. The molecule has 24 heavy (non-hydrogen) atoms. The summed E-state index contributed by atoms with van der Waals surface area (Å²) in [6.45, 7) is 5.97. The maximum Gasteiger partial charge on any atom is 0.118 e. The van der Waals surface area contributed by atoms with Crippen LogP contribution in [0.3, 0.4) is 0 Å². The van der Waals surface area contributed by atoms with Gasteiger partial charge in [0.2, 0.25) is 0 Å². The number of methoxy groups -OCH3 is 1. The van der Waals surface area contributed by atoms with E-state index >= 15 is 0 Å². The Kier molecular flexibility index (Phi) is 5.96. The third kappa shape index (κ3) is 3.93. The molecule has 0 aliphatic heterocycles. The Labute approximate surface area is 143 Å². The van der Waals surface area contributed by atoms with E-state index in [-0.39, 0.29) is 5.75 Å². The van der Waals surface area contributed by atoms with Gasteiger partial charge in [0.05, 0.1) is 12.8 Å². The first-order valence-electron chi connectivity index (χ1n) is 8.09. The molecule has 1 N–H and O–H groups in total. The van der Waals surface area contributed by atoms with Gasteiger partial charge < -0.3 is 9.84 Å². The number of phenolic OH excluding ortho intramolecular Hbond substituents is 1. The molecule has 0 unspecified atom stereocenters. The number of benzene rings is 2. The van der Waals surface area contributed by atoms with Crippen LogP contribution in [0.1, 0.15) is 19.5 Å². The van der Waals surface area contributed by atoms with Crippen LogP contribution < -0.4 is 4.74 Å². The molecule has 0 fully saturated rings. The van der Waals surface area contributed by atoms with Crippen molar-refractivity contribution in [1.82, 2.24) is 4.98 Å². The average molecular weight is 321 g/mol. The Morgan fingerprint density at radius 3 is 1.96 bits per heavy atom. The number of pyridine rings is 1. The third-order valence-electron chi connectivity index (χ3n) is 3.58. The number of nitrogens with zero attached hydrogens (tertiary/aromatic N) is 1. The summed E-state index contributed by atoms with van der Waals surface area (Å²) in [4.78, 5) is 4.68. The molecule has 1 aromatic heterocycles. The van der Waals surface area contributed by atoms with E-state index in [0.717, 1.165) is 33.8 Å². The van der Waals surface area contributed by atoms with Crippen LogP contribution in [0, 0.1) is 6.92 Å². The van der Waals surface area contributed by atoms with Crippen molar-refractivity contribution < 1.29 is 9.84 Å². The zero-order valence-corrected chi connectivity index (χ0v) is 14.6. The molecular formula is C21H23NO2. The van der Waals surface area contributed by atoms with Gasteiger partial charge >= 0.3 is 0 Å². The standard InChI is InChI=1S/C19H17NO2.C2H6/c1-13-3-12-18(14-6-10-17(22-2)11-7-14)19(20-13)15-4-8-16(21)9-5-15;1-2/h3-12,21H,1-2H3;1-2H3. The minimum absolute atomic E-state index is 0.252. The molecule has 124 valence electrons. The van der Waals surface area contributed by atoms with Crippen molar-refractivity contribution in [1.29, 1.82) is 0 Å². The number of phenols is 1. The van der Waals surface area contributed by atoms with Crippen LogP contribution in [-0.2, 0) is 0 Å². The van der Waals surface area contributed by atoms with Gasteiger partial charge in [0.15, 0.2) is 0 Å². The first-order valence-corrected chi connectivity index (χ1v) is 8.09. The number of rotatable bonds is 3. The lowest BCUT2D eigenvalue weighted by atomic mass is 9.99. The summed E-state index contributed by atoms with van der Waals surface area (Å²) in [5.74, 6) is 1.08. The van der Waals surface area contributed by atoms with E-state index in [1.54, 1.807) is 19.2 Å². The summed E-state index contributed by atoms with van der Waals surface area (Å²) in [5, 5.41) is 9.47. The van der Waals surface area contributed by atoms with E-state index in [0.29, 0.717) is 0 Å². The number of aromatic hydroxyl groups is 1. The highest BCUT2D eigenvalue weighted by molar-refractivity contribution is 5.81. The van der Waals surface area contributed by atoms with E-state index in [1.807, 2.05) is 63.2 Å². The van der Waals surface area contributed by atoms with Gasteiger partial charge in [-0.2, -0.15) is 0 Å². The van der Waals surface area contributed by atoms with Crippen LogP contribution in [0.15, 0.2) is 60.7 Å². The molecule has 0 spiro atoms. The van der Waals surface area contributed by atoms with Crippen LogP contribution >= 0.6 is 0 Å². The maximum atomic E-state index is 9.47. The fraction of sp³-hybridized carbons (Fsp3) is 0.190. The fourth-order valence-electron chi connectivity index (χ4n) is 2.40. The van der Waals surface area contributed by atoms with E-state index in [4.69, 9.17) is 4.74 Å². The fourth-order valence-corrected chi connectivity index (χ4v) is 2.40. The molecule has 0 atom stereocenters. The lowest BCUT2D eigenvalue weighted by Crippen LogP contribution is -1.92. The van der Waals surface area contributed by atoms with Crippen LogP contribution in [0.25, 0.3) is 22.4 Å². The van der Waals surface area contributed by atoms with Gasteiger partial charge in [-0.3, -0.25) is 4.98 Å². The second-order valence-corrected chi connectivity index (χ2v) is 5.12. The van der Waals surface area contributed by atoms with Crippen molar-refractivity contribution in [3.63, 3.8) is 0 Å². The lowest BCUT2D eigenvalue weighted by molar-refractivity contribution is 0.415. The highest BCUT2D eigenvalue weighted by Gasteiger charge is 2.10. The summed E-state index contributed by atoms with van der Waals surface area (Å²) in [5.41, 5.74) is 4.98. The van der Waals surface area contributed by atoms with E-state index in [9.17, 15) is 5.11 Å². The second kappa shape index (κ2) is 8.16. The minimum Gasteiger partial charge on any atom is -0.508 e. The van der Waals surface area contributed by atoms with Crippen molar-refractivity contribution in [2.75, 3.05) is 7.11 Å². The van der Waals surface area contributed by atoms with E-state index < -0.39 is 0 Å². The van der Waals surface area contributed by atoms with Gasteiger partial charge in [0.1, 0.15) is 11.5 Å². The normalized spacial score (nSPS) is 9.83. The van der Waals surface area contributed by atoms with Crippen molar-refractivity contribution in [3.8, 4) is 33.9 Å². The Balaban J connectivity index is 0.00000100. The Morgan fingerprint density at radius 1 is 0.792 bits per heavy atom. The van der Waals surface area contributed by atoms with E-state index in [2.05, 4.69) is 11.1 Å². The maximum absolute atomic E-state index is 9.47. The summed E-state index contributed by atoms with van der Waals surface area (Å²) in [6, 6.07) is 19.1. The summed E-state index contributed by atoms with van der Waals surface area (Å²) >= 11 is 0. The summed E-state index contributed by atoms with van der Waals surface area (Å²) in [7, 11) is 1.66. The molecular weight excluding hydrogens is 298 g/mol. The highest BCUT2D eigenvalue weighted by Crippen LogP contribution is 2.32. The van der Waals surface area contributed by atoms with Gasteiger partial charge in [0, 0.05) is 16.8 Å². The molecule has 0 bridgehead atoms. The molecule has 3 heteroatoms. The molecule has 2 aromatic carbocycles. The zero-order valence-electron chi connectivity index (χ0n) is 14.6. The number of hydrogen-bond acceptors (Lipinski definition) is 3. The van der Waals surface area contributed by atoms with Gasteiger partial charge in [0.25, 0.3) is 0 Å². The first kappa shape index (κ1) is 17.5. The molecule has 0 saturated heterocycles. The van der Waals surface area contributed by atoms with Crippen molar-refractivity contribution >= 4 is 0 Å². The summed E-state index contributed by atoms with van der Waals surface area (Å²) in [6.07, 6.45) is 0. The smallest absolute Gasteiger partial charge is 0.118 e. The molecule has 0 aliphatic rings. The molecule has 3 aromatic rings. The van der Waals surface area contributed by atoms with Crippen molar-refractivity contribution in [3.05, 3.63) is 66.4 Å². The SMILES string of the molecule is CC.COc1ccc(-c2ccc(C)nc2-c2ccc(O)cc2)cc1. The minimum atomic E-state index is 0.252. The van der Waals surface area contributed by atoms with Gasteiger partial charge in [-0.25, -0.2) is 0 Å². The highest BCUT2D eigenvalue weighted by atomic mass is 16.5. The monoisotopic (exact) mass is 321 g/mol.